The zero-order valence-electron chi connectivity index (χ0n) is 11.8. The van der Waals surface area contributed by atoms with Crippen LogP contribution < -0.4 is 0 Å². The van der Waals surface area contributed by atoms with Crippen LogP contribution in [0.5, 0.6) is 0 Å². The second-order valence-corrected chi connectivity index (χ2v) is 7.26. The Labute approximate surface area is 123 Å². The van der Waals surface area contributed by atoms with Crippen molar-refractivity contribution < 1.29 is 22.3 Å². The number of ether oxygens (including phenoxy) is 1. The Morgan fingerprint density at radius 3 is 2.71 bits per heavy atom. The lowest BCUT2D eigenvalue weighted by Crippen LogP contribution is -2.43. The van der Waals surface area contributed by atoms with Crippen LogP contribution in [0.25, 0.3) is 0 Å². The van der Waals surface area contributed by atoms with Crippen molar-refractivity contribution in [2.45, 2.75) is 12.5 Å². The molecule has 1 aliphatic rings. The topological polar surface area (TPSA) is 63.7 Å². The summed E-state index contributed by atoms with van der Waals surface area (Å²) in [5.74, 6) is -1.11. The van der Waals surface area contributed by atoms with Gasteiger partial charge in [0.1, 0.15) is 5.82 Å². The van der Waals surface area contributed by atoms with Crippen LogP contribution in [0.3, 0.4) is 0 Å². The molecule has 2 rings (SSSR count). The molecule has 1 aromatic rings. The number of sulfone groups is 1. The Bertz CT molecular complexity index is 617. The van der Waals surface area contributed by atoms with E-state index < -0.39 is 27.6 Å². The summed E-state index contributed by atoms with van der Waals surface area (Å²) in [6.45, 7) is 0.514. The maximum atomic E-state index is 13.8. The van der Waals surface area contributed by atoms with E-state index in [-0.39, 0.29) is 30.2 Å². The van der Waals surface area contributed by atoms with Gasteiger partial charge in [-0.3, -0.25) is 4.79 Å². The predicted molar refractivity (Wildman–Crippen MR) is 76.4 cm³/mol. The molecule has 0 bridgehead atoms. The fraction of sp³-hybridized carbons (Fsp3) is 0.500. The van der Waals surface area contributed by atoms with Crippen molar-refractivity contribution in [2.24, 2.45) is 0 Å². The SMILES string of the molecule is COCCN(C(=O)c1ccccc1F)C1CCS(=O)(=O)C1. The summed E-state index contributed by atoms with van der Waals surface area (Å²) in [4.78, 5) is 13.9. The third-order valence-electron chi connectivity index (χ3n) is 3.55. The van der Waals surface area contributed by atoms with E-state index in [1.807, 2.05) is 0 Å². The Kier molecular flexibility index (Phi) is 4.95. The van der Waals surface area contributed by atoms with Gasteiger partial charge in [0.15, 0.2) is 9.84 Å². The molecular weight excluding hydrogens is 297 g/mol. The van der Waals surface area contributed by atoms with E-state index in [0.717, 1.165) is 0 Å². The first-order valence-corrected chi connectivity index (χ1v) is 8.51. The van der Waals surface area contributed by atoms with Crippen molar-refractivity contribution >= 4 is 15.7 Å². The predicted octanol–water partition coefficient (Wildman–Crippen LogP) is 1.10. The van der Waals surface area contributed by atoms with Gasteiger partial charge in [-0.1, -0.05) is 12.1 Å². The van der Waals surface area contributed by atoms with Crippen LogP contribution in [0.4, 0.5) is 4.39 Å². The van der Waals surface area contributed by atoms with Gasteiger partial charge in [-0.2, -0.15) is 0 Å². The van der Waals surface area contributed by atoms with Crippen LogP contribution in [0.1, 0.15) is 16.8 Å². The normalized spacial score (nSPS) is 20.4. The number of hydrogen-bond acceptors (Lipinski definition) is 4. The molecule has 1 amide bonds. The number of methoxy groups -OCH3 is 1. The van der Waals surface area contributed by atoms with Gasteiger partial charge in [0.05, 0.1) is 23.7 Å². The van der Waals surface area contributed by atoms with Gasteiger partial charge >= 0.3 is 0 Å². The fourth-order valence-electron chi connectivity index (χ4n) is 2.45. The zero-order valence-corrected chi connectivity index (χ0v) is 12.6. The average molecular weight is 315 g/mol. The molecule has 0 N–H and O–H groups in total. The second kappa shape index (κ2) is 6.53. The molecule has 116 valence electrons. The number of halogens is 1. The van der Waals surface area contributed by atoms with Crippen molar-refractivity contribution in [3.05, 3.63) is 35.6 Å². The lowest BCUT2D eigenvalue weighted by Gasteiger charge is -2.28. The number of nitrogens with zero attached hydrogens (tertiary/aromatic N) is 1. The van der Waals surface area contributed by atoms with Gasteiger partial charge in [0.2, 0.25) is 0 Å². The summed E-state index contributed by atoms with van der Waals surface area (Å²) in [5.41, 5.74) is -0.0436. The number of carbonyl (C=O) groups excluding carboxylic acids is 1. The van der Waals surface area contributed by atoms with Crippen molar-refractivity contribution in [1.82, 2.24) is 4.90 Å². The minimum absolute atomic E-state index is 0.0436. The molecule has 0 aromatic heterocycles. The summed E-state index contributed by atoms with van der Waals surface area (Å²) < 4.78 is 41.9. The van der Waals surface area contributed by atoms with Crippen molar-refractivity contribution in [3.63, 3.8) is 0 Å². The van der Waals surface area contributed by atoms with E-state index >= 15 is 0 Å². The first kappa shape index (κ1) is 15.9. The van der Waals surface area contributed by atoms with Crippen LogP contribution in [0, 0.1) is 5.82 Å². The van der Waals surface area contributed by atoms with Crippen molar-refractivity contribution in [3.8, 4) is 0 Å². The first-order valence-electron chi connectivity index (χ1n) is 6.69. The molecule has 1 fully saturated rings. The number of carbonyl (C=O) groups is 1. The molecule has 5 nitrogen and oxygen atoms in total. The van der Waals surface area contributed by atoms with E-state index in [1.54, 1.807) is 6.07 Å². The molecule has 1 saturated heterocycles. The summed E-state index contributed by atoms with van der Waals surface area (Å²) in [6, 6.07) is 5.29. The number of rotatable bonds is 5. The van der Waals surface area contributed by atoms with Gasteiger partial charge in [0.25, 0.3) is 5.91 Å². The average Bonchev–Trinajstić information content (AvgIpc) is 2.79. The largest absolute Gasteiger partial charge is 0.383 e. The Morgan fingerprint density at radius 1 is 1.43 bits per heavy atom. The van der Waals surface area contributed by atoms with Gasteiger partial charge in [-0.05, 0) is 18.6 Å². The smallest absolute Gasteiger partial charge is 0.257 e. The number of benzene rings is 1. The highest BCUT2D eigenvalue weighted by Gasteiger charge is 2.35. The van der Waals surface area contributed by atoms with E-state index in [1.165, 1.54) is 30.2 Å². The fourth-order valence-corrected chi connectivity index (χ4v) is 4.18. The van der Waals surface area contributed by atoms with Crippen LogP contribution in [0.2, 0.25) is 0 Å². The van der Waals surface area contributed by atoms with E-state index in [4.69, 9.17) is 4.74 Å². The third-order valence-corrected chi connectivity index (χ3v) is 5.30. The summed E-state index contributed by atoms with van der Waals surface area (Å²) in [5, 5.41) is 0. The van der Waals surface area contributed by atoms with Crippen molar-refractivity contribution in [1.29, 1.82) is 0 Å². The first-order chi connectivity index (χ1) is 9.94. The highest BCUT2D eigenvalue weighted by molar-refractivity contribution is 7.91. The van der Waals surface area contributed by atoms with Crippen LogP contribution >= 0.6 is 0 Å². The van der Waals surface area contributed by atoms with E-state index in [9.17, 15) is 17.6 Å². The number of hydrogen-bond donors (Lipinski definition) is 0. The minimum Gasteiger partial charge on any atom is -0.383 e. The molecule has 21 heavy (non-hydrogen) atoms. The molecule has 1 heterocycles. The lowest BCUT2D eigenvalue weighted by molar-refractivity contribution is 0.0620. The van der Waals surface area contributed by atoms with Crippen LogP contribution in [-0.2, 0) is 14.6 Å². The molecule has 0 aliphatic carbocycles. The summed E-state index contributed by atoms with van der Waals surface area (Å²) >= 11 is 0. The molecule has 1 atom stereocenters. The minimum atomic E-state index is -3.12. The molecule has 7 heteroatoms. The molecule has 0 saturated carbocycles. The van der Waals surface area contributed by atoms with E-state index in [2.05, 4.69) is 0 Å². The monoisotopic (exact) mass is 315 g/mol. The van der Waals surface area contributed by atoms with Crippen molar-refractivity contribution in [2.75, 3.05) is 31.8 Å². The Morgan fingerprint density at radius 2 is 2.14 bits per heavy atom. The Hall–Kier alpha value is -1.47. The Balaban J connectivity index is 2.24. The molecule has 1 aromatic carbocycles. The quantitative estimate of drug-likeness (QED) is 0.816. The highest BCUT2D eigenvalue weighted by Crippen LogP contribution is 2.20. The van der Waals surface area contributed by atoms with Gasteiger partial charge < -0.3 is 9.64 Å². The van der Waals surface area contributed by atoms with Gasteiger partial charge in [-0.15, -0.1) is 0 Å². The highest BCUT2D eigenvalue weighted by atomic mass is 32.2. The molecule has 1 aliphatic heterocycles. The second-order valence-electron chi connectivity index (χ2n) is 5.03. The maximum absolute atomic E-state index is 13.8. The molecule has 0 radical (unpaired) electrons. The van der Waals surface area contributed by atoms with E-state index in [0.29, 0.717) is 6.42 Å². The molecule has 0 spiro atoms. The maximum Gasteiger partial charge on any atom is 0.257 e. The standard InChI is InChI=1S/C14H18FNO4S/c1-20-8-7-16(11-6-9-21(18,19)10-11)14(17)12-4-2-3-5-13(12)15/h2-5,11H,6-10H2,1H3. The zero-order chi connectivity index (χ0) is 15.5. The van der Waals surface area contributed by atoms with Gasteiger partial charge in [0, 0.05) is 19.7 Å². The van der Waals surface area contributed by atoms with Gasteiger partial charge in [-0.25, -0.2) is 12.8 Å². The molecule has 1 unspecified atom stereocenters. The summed E-state index contributed by atoms with van der Waals surface area (Å²) in [7, 11) is -1.62. The molecular formula is C14H18FNO4S. The third kappa shape index (κ3) is 3.79. The number of amides is 1. The van der Waals surface area contributed by atoms with Crippen LogP contribution in [-0.4, -0.2) is 57.0 Å². The lowest BCUT2D eigenvalue weighted by atomic mass is 10.1. The van der Waals surface area contributed by atoms with Crippen LogP contribution in [0.15, 0.2) is 24.3 Å². The summed E-state index contributed by atoms with van der Waals surface area (Å²) in [6.07, 6.45) is 0.381.